The van der Waals surface area contributed by atoms with Crippen molar-refractivity contribution in [3.05, 3.63) is 0 Å². The van der Waals surface area contributed by atoms with Crippen LogP contribution in [-0.2, 0) is 4.79 Å². The van der Waals surface area contributed by atoms with E-state index in [9.17, 15) is 9.59 Å². The van der Waals surface area contributed by atoms with Gasteiger partial charge in [0.2, 0.25) is 0 Å². The van der Waals surface area contributed by atoms with Gasteiger partial charge in [-0.1, -0.05) is 0 Å². The van der Waals surface area contributed by atoms with Crippen LogP contribution >= 0.6 is 0 Å². The highest BCUT2D eigenvalue weighted by Crippen LogP contribution is 2.40. The van der Waals surface area contributed by atoms with Gasteiger partial charge in [0.25, 0.3) is 0 Å². The SMILES string of the molecule is CN(CCO)C(=O)N1C2CCC1CC(CC(=O)O)C2. The summed E-state index contributed by atoms with van der Waals surface area (Å²) in [4.78, 5) is 26.6. The Bertz CT molecular complexity index is 347. The Labute approximate surface area is 113 Å². The van der Waals surface area contributed by atoms with Crippen molar-refractivity contribution in [2.24, 2.45) is 5.92 Å². The van der Waals surface area contributed by atoms with Gasteiger partial charge in [-0.25, -0.2) is 4.79 Å². The van der Waals surface area contributed by atoms with Crippen LogP contribution in [-0.4, -0.2) is 64.3 Å². The fraction of sp³-hybridized carbons (Fsp3) is 0.846. The molecule has 0 saturated carbocycles. The van der Waals surface area contributed by atoms with Crippen molar-refractivity contribution in [1.82, 2.24) is 9.80 Å². The van der Waals surface area contributed by atoms with Crippen molar-refractivity contribution in [3.8, 4) is 0 Å². The maximum absolute atomic E-state index is 12.3. The molecule has 2 fully saturated rings. The van der Waals surface area contributed by atoms with E-state index in [0.717, 1.165) is 25.7 Å². The predicted molar refractivity (Wildman–Crippen MR) is 68.7 cm³/mol. The summed E-state index contributed by atoms with van der Waals surface area (Å²) in [6.45, 7) is 0.306. The van der Waals surface area contributed by atoms with Gasteiger partial charge in [-0.15, -0.1) is 0 Å². The highest BCUT2D eigenvalue weighted by molar-refractivity contribution is 5.75. The minimum Gasteiger partial charge on any atom is -0.481 e. The van der Waals surface area contributed by atoms with Gasteiger partial charge in [-0.05, 0) is 31.6 Å². The molecule has 2 bridgehead atoms. The van der Waals surface area contributed by atoms with Crippen LogP contribution < -0.4 is 0 Å². The van der Waals surface area contributed by atoms with Gasteiger partial charge in [-0.2, -0.15) is 0 Å². The molecule has 2 unspecified atom stereocenters. The molecule has 2 rings (SSSR count). The van der Waals surface area contributed by atoms with E-state index in [1.54, 1.807) is 11.9 Å². The molecule has 0 aromatic carbocycles. The van der Waals surface area contributed by atoms with Gasteiger partial charge < -0.3 is 20.0 Å². The number of aliphatic hydroxyl groups excluding tert-OH is 1. The number of aliphatic carboxylic acids is 1. The molecule has 0 aromatic heterocycles. The fourth-order valence-electron chi connectivity index (χ4n) is 3.46. The summed E-state index contributed by atoms with van der Waals surface area (Å²) < 4.78 is 0. The number of carboxylic acids is 1. The van der Waals surface area contributed by atoms with Gasteiger partial charge in [0, 0.05) is 32.1 Å². The fourth-order valence-corrected chi connectivity index (χ4v) is 3.46. The third kappa shape index (κ3) is 3.00. The standard InChI is InChI=1S/C13H22N2O4/c1-14(4-5-16)13(19)15-10-2-3-11(15)7-9(6-10)8-12(17)18/h9-11,16H,2-8H2,1H3,(H,17,18). The second kappa shape index (κ2) is 5.77. The highest BCUT2D eigenvalue weighted by Gasteiger charge is 2.44. The van der Waals surface area contributed by atoms with E-state index >= 15 is 0 Å². The van der Waals surface area contributed by atoms with Crippen molar-refractivity contribution in [3.63, 3.8) is 0 Å². The number of carbonyl (C=O) groups excluding carboxylic acids is 1. The lowest BCUT2D eigenvalue weighted by atomic mass is 9.88. The van der Waals surface area contributed by atoms with Crippen molar-refractivity contribution >= 4 is 12.0 Å². The molecule has 108 valence electrons. The van der Waals surface area contributed by atoms with E-state index < -0.39 is 5.97 Å². The maximum Gasteiger partial charge on any atom is 0.320 e. The Kier molecular flexibility index (Phi) is 4.29. The zero-order chi connectivity index (χ0) is 14.0. The number of piperidine rings is 1. The number of hydrogen-bond donors (Lipinski definition) is 2. The van der Waals surface area contributed by atoms with E-state index in [0.29, 0.717) is 6.54 Å². The van der Waals surface area contributed by atoms with E-state index in [1.807, 2.05) is 4.90 Å². The number of nitrogens with zero attached hydrogens (tertiary/aromatic N) is 2. The zero-order valence-corrected chi connectivity index (χ0v) is 11.3. The van der Waals surface area contributed by atoms with E-state index in [2.05, 4.69) is 0 Å². The Hall–Kier alpha value is -1.30. The summed E-state index contributed by atoms with van der Waals surface area (Å²) in [7, 11) is 1.70. The first kappa shape index (κ1) is 14.1. The number of urea groups is 1. The first-order chi connectivity index (χ1) is 9.02. The van der Waals surface area contributed by atoms with E-state index in [1.165, 1.54) is 0 Å². The maximum atomic E-state index is 12.3. The molecule has 0 aliphatic carbocycles. The van der Waals surface area contributed by atoms with Crippen LogP contribution in [0.4, 0.5) is 4.79 Å². The lowest BCUT2D eigenvalue weighted by Gasteiger charge is -2.40. The molecule has 6 heteroatoms. The Morgan fingerprint density at radius 1 is 1.26 bits per heavy atom. The number of likely N-dealkylation sites (N-methyl/N-ethyl adjacent to an activating group) is 1. The molecule has 0 spiro atoms. The number of rotatable bonds is 4. The van der Waals surface area contributed by atoms with Crippen molar-refractivity contribution in [2.45, 2.75) is 44.2 Å². The Morgan fingerprint density at radius 2 is 1.84 bits per heavy atom. The zero-order valence-electron chi connectivity index (χ0n) is 11.3. The average molecular weight is 270 g/mol. The number of fused-ring (bicyclic) bond motifs is 2. The molecule has 2 aliphatic rings. The molecule has 0 aromatic rings. The summed E-state index contributed by atoms with van der Waals surface area (Å²) in [5, 5.41) is 17.8. The molecule has 6 nitrogen and oxygen atoms in total. The lowest BCUT2D eigenvalue weighted by Crippen LogP contribution is -2.51. The van der Waals surface area contributed by atoms with Crippen LogP contribution in [0.1, 0.15) is 32.1 Å². The quantitative estimate of drug-likeness (QED) is 0.790. The largest absolute Gasteiger partial charge is 0.481 e. The second-order valence-electron chi connectivity index (χ2n) is 5.66. The molecule has 0 radical (unpaired) electrons. The topological polar surface area (TPSA) is 81.1 Å². The third-order valence-electron chi connectivity index (χ3n) is 4.28. The molecular formula is C13H22N2O4. The summed E-state index contributed by atoms with van der Waals surface area (Å²) in [5.41, 5.74) is 0. The van der Waals surface area contributed by atoms with Crippen LogP contribution in [0.5, 0.6) is 0 Å². The van der Waals surface area contributed by atoms with E-state index in [-0.39, 0.29) is 37.1 Å². The highest BCUT2D eigenvalue weighted by atomic mass is 16.4. The van der Waals surface area contributed by atoms with Gasteiger partial charge in [-0.3, -0.25) is 4.79 Å². The summed E-state index contributed by atoms with van der Waals surface area (Å²) >= 11 is 0. The lowest BCUT2D eigenvalue weighted by molar-refractivity contribution is -0.138. The molecule has 2 heterocycles. The van der Waals surface area contributed by atoms with E-state index in [4.69, 9.17) is 10.2 Å². The van der Waals surface area contributed by atoms with Gasteiger partial charge in [0.05, 0.1) is 6.61 Å². The van der Waals surface area contributed by atoms with Crippen LogP contribution in [0.25, 0.3) is 0 Å². The first-order valence-corrected chi connectivity index (χ1v) is 6.89. The first-order valence-electron chi connectivity index (χ1n) is 6.89. The molecule has 2 N–H and O–H groups in total. The Morgan fingerprint density at radius 3 is 2.32 bits per heavy atom. The number of carbonyl (C=O) groups is 2. The second-order valence-corrected chi connectivity index (χ2v) is 5.66. The molecule has 19 heavy (non-hydrogen) atoms. The molecule has 2 saturated heterocycles. The minimum atomic E-state index is -0.749. The molecule has 2 aliphatic heterocycles. The van der Waals surface area contributed by atoms with Crippen LogP contribution in [0.3, 0.4) is 0 Å². The monoisotopic (exact) mass is 270 g/mol. The van der Waals surface area contributed by atoms with Crippen molar-refractivity contribution < 1.29 is 19.8 Å². The Balaban J connectivity index is 1.99. The summed E-state index contributed by atoms with van der Waals surface area (Å²) in [6, 6.07) is 0.323. The van der Waals surface area contributed by atoms with Crippen molar-refractivity contribution in [1.29, 1.82) is 0 Å². The number of hydrogen-bond acceptors (Lipinski definition) is 3. The normalized spacial score (nSPS) is 29.4. The molecule has 2 amide bonds. The molecular weight excluding hydrogens is 248 g/mol. The van der Waals surface area contributed by atoms with Crippen LogP contribution in [0, 0.1) is 5.92 Å². The molecule has 2 atom stereocenters. The number of carboxylic acid groups (broad SMARTS) is 1. The van der Waals surface area contributed by atoms with Crippen molar-refractivity contribution in [2.75, 3.05) is 20.2 Å². The smallest absolute Gasteiger partial charge is 0.320 e. The number of aliphatic hydroxyl groups is 1. The van der Waals surface area contributed by atoms with Gasteiger partial charge >= 0.3 is 12.0 Å². The average Bonchev–Trinajstić information content (AvgIpc) is 2.59. The third-order valence-corrected chi connectivity index (χ3v) is 4.28. The minimum absolute atomic E-state index is 0.0321. The predicted octanol–water partition coefficient (Wildman–Crippen LogP) is 0.748. The summed E-state index contributed by atoms with van der Waals surface area (Å²) in [6.07, 6.45) is 3.74. The van der Waals surface area contributed by atoms with Crippen LogP contribution in [0.15, 0.2) is 0 Å². The van der Waals surface area contributed by atoms with Gasteiger partial charge in [0.15, 0.2) is 0 Å². The van der Waals surface area contributed by atoms with Crippen LogP contribution in [0.2, 0.25) is 0 Å². The summed E-state index contributed by atoms with van der Waals surface area (Å²) in [5.74, 6) is -0.552. The van der Waals surface area contributed by atoms with Gasteiger partial charge in [0.1, 0.15) is 0 Å². The number of amides is 2.